The van der Waals surface area contributed by atoms with Crippen molar-refractivity contribution in [2.24, 2.45) is 0 Å². The van der Waals surface area contributed by atoms with Crippen LogP contribution in [-0.4, -0.2) is 78.0 Å². The largest absolute Gasteiger partial charge is 0.387 e. The van der Waals surface area contributed by atoms with Gasteiger partial charge >= 0.3 is 0 Å². The lowest BCUT2D eigenvalue weighted by atomic mass is 10.0. The Morgan fingerprint density at radius 2 is 2.05 bits per heavy atom. The molecule has 1 fully saturated rings. The molecule has 12 nitrogen and oxygen atoms in total. The van der Waals surface area contributed by atoms with Crippen LogP contribution in [0, 0.1) is 11.3 Å². The highest BCUT2D eigenvalue weighted by Gasteiger charge is 2.29. The molecule has 5 heterocycles. The summed E-state index contributed by atoms with van der Waals surface area (Å²) < 4.78 is 15.8. The number of nitriles is 1. The van der Waals surface area contributed by atoms with Gasteiger partial charge in [0.1, 0.15) is 12.2 Å². The maximum Gasteiger partial charge on any atom is 0.255 e. The highest BCUT2D eigenvalue weighted by atomic mass is 19.1. The second-order valence-electron chi connectivity index (χ2n) is 9.85. The fourth-order valence-corrected chi connectivity index (χ4v) is 4.28. The minimum Gasteiger partial charge on any atom is -0.387 e. The van der Waals surface area contributed by atoms with Crippen molar-refractivity contribution >= 4 is 23.2 Å². The van der Waals surface area contributed by atoms with Crippen LogP contribution in [0.25, 0.3) is 16.9 Å². The van der Waals surface area contributed by atoms with Gasteiger partial charge in [-0.15, -0.1) is 0 Å². The van der Waals surface area contributed by atoms with Gasteiger partial charge in [-0.25, -0.2) is 23.9 Å². The third kappa shape index (κ3) is 5.60. The summed E-state index contributed by atoms with van der Waals surface area (Å²) in [5.41, 5.74) is 1.14. The van der Waals surface area contributed by atoms with E-state index in [2.05, 4.69) is 40.6 Å². The van der Waals surface area contributed by atoms with Crippen LogP contribution in [0.3, 0.4) is 0 Å². The second-order valence-corrected chi connectivity index (χ2v) is 9.85. The van der Waals surface area contributed by atoms with Crippen LogP contribution < -0.4 is 15.5 Å². The van der Waals surface area contributed by atoms with Gasteiger partial charge in [0.15, 0.2) is 5.65 Å². The minimum absolute atomic E-state index is 0.0267. The van der Waals surface area contributed by atoms with Gasteiger partial charge in [-0.2, -0.15) is 10.4 Å². The third-order valence-corrected chi connectivity index (χ3v) is 6.50. The third-order valence-electron chi connectivity index (χ3n) is 6.50. The maximum absolute atomic E-state index is 14.3. The van der Waals surface area contributed by atoms with Crippen LogP contribution in [0.2, 0.25) is 0 Å². The Balaban J connectivity index is 1.44. The molecule has 0 bridgehead atoms. The molecule has 3 N–H and O–H groups in total. The molecule has 4 aromatic rings. The van der Waals surface area contributed by atoms with Crippen molar-refractivity contribution in [2.45, 2.75) is 38.1 Å². The highest BCUT2D eigenvalue weighted by Crippen LogP contribution is 2.28. The molecule has 0 saturated carbocycles. The van der Waals surface area contributed by atoms with Crippen molar-refractivity contribution in [3.05, 3.63) is 60.4 Å². The predicted octanol–water partition coefficient (Wildman–Crippen LogP) is 1.98. The average Bonchev–Trinajstić information content (AvgIpc) is 3.58. The molecule has 0 spiro atoms. The van der Waals surface area contributed by atoms with Gasteiger partial charge in [0.05, 0.1) is 52.6 Å². The number of carbonyl (C=O) groups is 1. The number of fused-ring (bicyclic) bond motifs is 1. The summed E-state index contributed by atoms with van der Waals surface area (Å²) in [6.45, 7) is 3.68. The molecule has 1 saturated heterocycles. The van der Waals surface area contributed by atoms with Gasteiger partial charge in [-0.1, -0.05) is 0 Å². The fraction of sp³-hybridized carbons (Fsp3) is 0.346. The first-order chi connectivity index (χ1) is 18.7. The zero-order valence-corrected chi connectivity index (χ0v) is 21.4. The molecule has 200 valence electrons. The van der Waals surface area contributed by atoms with Crippen LogP contribution in [0.1, 0.15) is 36.2 Å². The van der Waals surface area contributed by atoms with Crippen molar-refractivity contribution in [1.82, 2.24) is 34.9 Å². The Bertz CT molecular complexity index is 1530. The number of aliphatic hydroxyl groups is 1. The zero-order valence-electron chi connectivity index (χ0n) is 21.4. The number of nitrogens with one attached hydrogen (secondary N) is 2. The normalized spacial score (nSPS) is 16.2. The number of halogens is 1. The number of pyridine rings is 1. The molecular formula is C26H27FN10O2. The van der Waals surface area contributed by atoms with E-state index in [0.29, 0.717) is 40.6 Å². The fourth-order valence-electron chi connectivity index (χ4n) is 4.28. The van der Waals surface area contributed by atoms with E-state index >= 15 is 0 Å². The average molecular weight is 531 g/mol. The summed E-state index contributed by atoms with van der Waals surface area (Å²) in [6, 6.07) is 5.50. The van der Waals surface area contributed by atoms with E-state index < -0.39 is 17.7 Å². The molecule has 1 aliphatic heterocycles. The van der Waals surface area contributed by atoms with Gasteiger partial charge in [-0.05, 0) is 32.4 Å². The standard InChI is InChI=1S/C26H27FN10O2/c1-26(2,39)22(27)13-33-24(38)19-11-31-20(18-12-34-37-14-16(9-28)10-32-23(18)37)8-21(19)35-17-4-7-36(15-17)25-29-5-3-6-30-25/h3,5-6,8,10-12,14,17,22,39H,4,7,13,15H2,1-2H3,(H,31,35)(H,33,38). The number of carbonyl (C=O) groups excluding carboxylic acids is 1. The molecule has 4 aromatic heterocycles. The lowest BCUT2D eigenvalue weighted by Gasteiger charge is -2.23. The Morgan fingerprint density at radius 1 is 1.26 bits per heavy atom. The number of hydrogen-bond acceptors (Lipinski definition) is 10. The van der Waals surface area contributed by atoms with Gasteiger partial charge in [0.2, 0.25) is 5.95 Å². The van der Waals surface area contributed by atoms with Crippen LogP contribution in [-0.2, 0) is 0 Å². The van der Waals surface area contributed by atoms with Crippen LogP contribution >= 0.6 is 0 Å². The van der Waals surface area contributed by atoms with Crippen molar-refractivity contribution in [3.63, 3.8) is 0 Å². The lowest BCUT2D eigenvalue weighted by Crippen LogP contribution is -2.42. The summed E-state index contributed by atoms with van der Waals surface area (Å²) in [5, 5.41) is 29.3. The summed E-state index contributed by atoms with van der Waals surface area (Å²) >= 11 is 0. The van der Waals surface area contributed by atoms with Gasteiger partial charge in [0.25, 0.3) is 5.91 Å². The zero-order chi connectivity index (χ0) is 27.6. The molecular weight excluding hydrogens is 503 g/mol. The molecule has 13 heteroatoms. The number of rotatable bonds is 8. The molecule has 2 atom stereocenters. The second kappa shape index (κ2) is 10.6. The highest BCUT2D eigenvalue weighted by molar-refractivity contribution is 6.00. The number of alkyl halides is 1. The van der Waals surface area contributed by atoms with Crippen LogP contribution in [0.5, 0.6) is 0 Å². The number of hydrogen-bond donors (Lipinski definition) is 3. The van der Waals surface area contributed by atoms with E-state index in [1.54, 1.807) is 36.9 Å². The number of anilines is 2. The number of nitrogens with zero attached hydrogens (tertiary/aromatic N) is 8. The first-order valence-electron chi connectivity index (χ1n) is 12.4. The van der Waals surface area contributed by atoms with Crippen molar-refractivity contribution in [3.8, 4) is 17.3 Å². The number of aromatic nitrogens is 6. The molecule has 0 aromatic carbocycles. The first kappa shape index (κ1) is 25.9. The predicted molar refractivity (Wildman–Crippen MR) is 141 cm³/mol. The summed E-state index contributed by atoms with van der Waals surface area (Å²) in [6.07, 6.45) is 8.55. The van der Waals surface area contributed by atoms with Crippen molar-refractivity contribution in [2.75, 3.05) is 29.9 Å². The Labute approximate surface area is 223 Å². The van der Waals surface area contributed by atoms with E-state index in [-0.39, 0.29) is 18.2 Å². The minimum atomic E-state index is -1.65. The van der Waals surface area contributed by atoms with Crippen molar-refractivity contribution < 1.29 is 14.3 Å². The first-order valence-corrected chi connectivity index (χ1v) is 12.4. The Kier molecular flexibility index (Phi) is 7.03. The topological polar surface area (TPSA) is 157 Å². The Hall–Kier alpha value is -4.70. The molecule has 5 rings (SSSR count). The van der Waals surface area contributed by atoms with Gasteiger partial charge < -0.3 is 20.6 Å². The lowest BCUT2D eigenvalue weighted by molar-refractivity contribution is -0.00177. The smallest absolute Gasteiger partial charge is 0.255 e. The van der Waals surface area contributed by atoms with E-state index in [1.807, 2.05) is 6.07 Å². The molecule has 1 amide bonds. The van der Waals surface area contributed by atoms with Crippen LogP contribution in [0.4, 0.5) is 16.0 Å². The van der Waals surface area contributed by atoms with E-state index in [9.17, 15) is 14.3 Å². The van der Waals surface area contributed by atoms with E-state index in [0.717, 1.165) is 13.0 Å². The SMILES string of the molecule is CC(C)(O)C(F)CNC(=O)c1cnc(-c2cnn3cc(C#N)cnc23)cc1NC1CCN(c2ncccn2)C1. The quantitative estimate of drug-likeness (QED) is 0.308. The molecule has 39 heavy (non-hydrogen) atoms. The van der Waals surface area contributed by atoms with Gasteiger partial charge in [0, 0.05) is 43.9 Å². The Morgan fingerprint density at radius 3 is 2.79 bits per heavy atom. The van der Waals surface area contributed by atoms with Crippen LogP contribution in [0.15, 0.2) is 49.3 Å². The molecule has 1 aliphatic rings. The van der Waals surface area contributed by atoms with E-state index in [4.69, 9.17) is 5.26 Å². The van der Waals surface area contributed by atoms with Crippen molar-refractivity contribution in [1.29, 1.82) is 5.26 Å². The van der Waals surface area contributed by atoms with E-state index in [1.165, 1.54) is 30.8 Å². The summed E-state index contributed by atoms with van der Waals surface area (Å²) in [5.74, 6) is 0.103. The molecule has 2 unspecified atom stereocenters. The number of amides is 1. The summed E-state index contributed by atoms with van der Waals surface area (Å²) in [4.78, 5) is 32.6. The molecule has 0 aliphatic carbocycles. The summed E-state index contributed by atoms with van der Waals surface area (Å²) in [7, 11) is 0. The maximum atomic E-state index is 14.3. The molecule has 0 radical (unpaired) electrons. The monoisotopic (exact) mass is 530 g/mol. The van der Waals surface area contributed by atoms with Gasteiger partial charge in [-0.3, -0.25) is 9.78 Å².